The quantitative estimate of drug-likeness (QED) is 0.516. The van der Waals surface area contributed by atoms with E-state index in [1.54, 1.807) is 14.2 Å². The Morgan fingerprint density at radius 2 is 1.86 bits per heavy atom. The molecule has 0 rings (SSSR count). The fourth-order valence-corrected chi connectivity index (χ4v) is 1.55. The van der Waals surface area contributed by atoms with Gasteiger partial charge in [0.1, 0.15) is 0 Å². The molecule has 3 atom stereocenters. The van der Waals surface area contributed by atoms with Crippen LogP contribution in [-0.2, 0) is 9.53 Å². The van der Waals surface area contributed by atoms with E-state index in [0.29, 0.717) is 0 Å². The third-order valence-electron chi connectivity index (χ3n) is 2.06. The number of hydrogen-bond acceptors (Lipinski definition) is 4. The SMILES string of the molecule is CNNC(C)C(OC)C(C)NC(C)=O. The number of hydrazine groups is 1. The lowest BCUT2D eigenvalue weighted by Gasteiger charge is -2.29. The van der Waals surface area contributed by atoms with Gasteiger partial charge in [-0.15, -0.1) is 0 Å². The highest BCUT2D eigenvalue weighted by atomic mass is 16.5. The molecule has 5 nitrogen and oxygen atoms in total. The van der Waals surface area contributed by atoms with Crippen molar-refractivity contribution in [2.75, 3.05) is 14.2 Å². The lowest BCUT2D eigenvalue weighted by atomic mass is 10.1. The molecule has 3 unspecified atom stereocenters. The van der Waals surface area contributed by atoms with Crippen molar-refractivity contribution in [1.29, 1.82) is 0 Å². The summed E-state index contributed by atoms with van der Waals surface area (Å²) in [4.78, 5) is 10.9. The minimum atomic E-state index is -0.0636. The molecule has 0 aliphatic heterocycles. The largest absolute Gasteiger partial charge is 0.378 e. The molecule has 5 heteroatoms. The number of ether oxygens (including phenoxy) is 1. The molecule has 0 saturated carbocycles. The summed E-state index contributed by atoms with van der Waals surface area (Å²) in [6.45, 7) is 5.41. The van der Waals surface area contributed by atoms with Crippen LogP contribution >= 0.6 is 0 Å². The van der Waals surface area contributed by atoms with Gasteiger partial charge in [-0.25, -0.2) is 0 Å². The molecule has 0 aliphatic rings. The molecule has 3 N–H and O–H groups in total. The van der Waals surface area contributed by atoms with Gasteiger partial charge in [0.25, 0.3) is 0 Å². The summed E-state index contributed by atoms with van der Waals surface area (Å²) in [6.07, 6.45) is -0.0636. The highest BCUT2D eigenvalue weighted by Gasteiger charge is 2.23. The van der Waals surface area contributed by atoms with Crippen LogP contribution in [0, 0.1) is 0 Å². The lowest BCUT2D eigenvalue weighted by molar-refractivity contribution is -0.120. The van der Waals surface area contributed by atoms with E-state index in [1.807, 2.05) is 13.8 Å². The standard InChI is InChI=1S/C9H21N3O2/c1-6(11-8(3)13)9(14-5)7(2)12-10-4/h6-7,9-10,12H,1-5H3,(H,11,13). The van der Waals surface area contributed by atoms with Gasteiger partial charge in [0.15, 0.2) is 0 Å². The summed E-state index contributed by atoms with van der Waals surface area (Å²) in [5.74, 6) is -0.0452. The minimum absolute atomic E-state index is 0.0200. The Kier molecular flexibility index (Phi) is 6.44. The summed E-state index contributed by atoms with van der Waals surface area (Å²) in [5, 5.41) is 2.80. The summed E-state index contributed by atoms with van der Waals surface area (Å²) in [6, 6.07) is 0.0974. The molecular weight excluding hydrogens is 182 g/mol. The molecule has 0 bridgehead atoms. The fraction of sp³-hybridized carbons (Fsp3) is 0.889. The molecule has 1 amide bonds. The molecule has 0 spiro atoms. The van der Waals surface area contributed by atoms with Crippen LogP contribution in [0.2, 0.25) is 0 Å². The first-order chi connectivity index (χ1) is 6.52. The Morgan fingerprint density at radius 1 is 1.29 bits per heavy atom. The predicted molar refractivity (Wildman–Crippen MR) is 55.7 cm³/mol. The van der Waals surface area contributed by atoms with Gasteiger partial charge in [-0.05, 0) is 20.9 Å². The van der Waals surface area contributed by atoms with Crippen molar-refractivity contribution in [2.24, 2.45) is 0 Å². The van der Waals surface area contributed by atoms with Crippen molar-refractivity contribution in [1.82, 2.24) is 16.2 Å². The molecule has 0 aliphatic carbocycles. The molecule has 0 heterocycles. The van der Waals surface area contributed by atoms with Gasteiger partial charge >= 0.3 is 0 Å². The number of carbonyl (C=O) groups is 1. The Balaban J connectivity index is 4.16. The zero-order valence-corrected chi connectivity index (χ0v) is 9.55. The van der Waals surface area contributed by atoms with Gasteiger partial charge < -0.3 is 10.1 Å². The number of carbonyl (C=O) groups excluding carboxylic acids is 1. The Hall–Kier alpha value is -0.650. The van der Waals surface area contributed by atoms with Crippen molar-refractivity contribution >= 4 is 5.91 Å². The van der Waals surface area contributed by atoms with Gasteiger partial charge in [0.05, 0.1) is 12.1 Å². The summed E-state index contributed by atoms with van der Waals surface area (Å²) < 4.78 is 5.31. The second kappa shape index (κ2) is 6.75. The van der Waals surface area contributed by atoms with Crippen LogP contribution in [0.4, 0.5) is 0 Å². The maximum absolute atomic E-state index is 10.9. The predicted octanol–water partition coefficient (Wildman–Crippen LogP) is -0.361. The number of hydrogen-bond donors (Lipinski definition) is 3. The van der Waals surface area contributed by atoms with E-state index in [2.05, 4.69) is 16.2 Å². The average Bonchev–Trinajstić information content (AvgIpc) is 2.04. The maximum atomic E-state index is 10.9. The van der Waals surface area contributed by atoms with Gasteiger partial charge in [-0.3, -0.25) is 15.6 Å². The van der Waals surface area contributed by atoms with Crippen molar-refractivity contribution in [3.05, 3.63) is 0 Å². The normalized spacial score (nSPS) is 17.2. The molecular formula is C9H21N3O2. The Labute approximate surface area is 85.6 Å². The molecule has 0 aromatic rings. The molecule has 0 radical (unpaired) electrons. The van der Waals surface area contributed by atoms with Crippen molar-refractivity contribution in [2.45, 2.75) is 39.0 Å². The van der Waals surface area contributed by atoms with Gasteiger partial charge in [0.2, 0.25) is 5.91 Å². The van der Waals surface area contributed by atoms with Crippen LogP contribution in [0.25, 0.3) is 0 Å². The van der Waals surface area contributed by atoms with E-state index in [4.69, 9.17) is 4.74 Å². The molecule has 0 aromatic heterocycles. The lowest BCUT2D eigenvalue weighted by Crippen LogP contribution is -2.53. The van der Waals surface area contributed by atoms with E-state index < -0.39 is 0 Å². The highest BCUT2D eigenvalue weighted by molar-refractivity contribution is 5.73. The third kappa shape index (κ3) is 4.55. The molecule has 14 heavy (non-hydrogen) atoms. The Bertz CT molecular complexity index is 175. The zero-order valence-electron chi connectivity index (χ0n) is 9.55. The zero-order chi connectivity index (χ0) is 11.1. The first-order valence-corrected chi connectivity index (χ1v) is 4.75. The topological polar surface area (TPSA) is 62.4 Å². The van der Waals surface area contributed by atoms with Crippen LogP contribution in [0.5, 0.6) is 0 Å². The second-order valence-corrected chi connectivity index (χ2v) is 3.37. The van der Waals surface area contributed by atoms with Gasteiger partial charge in [-0.1, -0.05) is 0 Å². The van der Waals surface area contributed by atoms with Crippen LogP contribution in [0.3, 0.4) is 0 Å². The summed E-state index contributed by atoms with van der Waals surface area (Å²) in [5.41, 5.74) is 5.87. The van der Waals surface area contributed by atoms with Crippen LogP contribution < -0.4 is 16.2 Å². The molecule has 0 fully saturated rings. The van der Waals surface area contributed by atoms with E-state index in [1.165, 1.54) is 6.92 Å². The molecule has 0 saturated heterocycles. The maximum Gasteiger partial charge on any atom is 0.217 e. The molecule has 0 aromatic carbocycles. The summed E-state index contributed by atoms with van der Waals surface area (Å²) in [7, 11) is 3.43. The fourth-order valence-electron chi connectivity index (χ4n) is 1.55. The highest BCUT2D eigenvalue weighted by Crippen LogP contribution is 2.03. The third-order valence-corrected chi connectivity index (χ3v) is 2.06. The number of nitrogens with one attached hydrogen (secondary N) is 3. The number of rotatable bonds is 6. The first kappa shape index (κ1) is 13.4. The van der Waals surface area contributed by atoms with Crippen molar-refractivity contribution in [3.8, 4) is 0 Å². The van der Waals surface area contributed by atoms with E-state index in [-0.39, 0.29) is 24.1 Å². The average molecular weight is 203 g/mol. The Morgan fingerprint density at radius 3 is 2.21 bits per heavy atom. The number of amides is 1. The van der Waals surface area contributed by atoms with Gasteiger partial charge in [-0.2, -0.15) is 0 Å². The van der Waals surface area contributed by atoms with E-state index in [9.17, 15) is 4.79 Å². The summed E-state index contributed by atoms with van der Waals surface area (Å²) >= 11 is 0. The van der Waals surface area contributed by atoms with E-state index in [0.717, 1.165) is 0 Å². The van der Waals surface area contributed by atoms with E-state index >= 15 is 0 Å². The monoisotopic (exact) mass is 203 g/mol. The smallest absolute Gasteiger partial charge is 0.217 e. The van der Waals surface area contributed by atoms with Crippen molar-refractivity contribution < 1.29 is 9.53 Å². The van der Waals surface area contributed by atoms with Crippen LogP contribution in [0.15, 0.2) is 0 Å². The van der Waals surface area contributed by atoms with Gasteiger partial charge in [0, 0.05) is 20.1 Å². The first-order valence-electron chi connectivity index (χ1n) is 4.75. The molecule has 84 valence electrons. The second-order valence-electron chi connectivity index (χ2n) is 3.37. The van der Waals surface area contributed by atoms with Crippen LogP contribution in [0.1, 0.15) is 20.8 Å². The van der Waals surface area contributed by atoms with Crippen molar-refractivity contribution in [3.63, 3.8) is 0 Å². The number of methoxy groups -OCH3 is 1. The van der Waals surface area contributed by atoms with Crippen LogP contribution in [-0.4, -0.2) is 38.3 Å². The minimum Gasteiger partial charge on any atom is -0.378 e.